The molecule has 4 heteroatoms. The summed E-state index contributed by atoms with van der Waals surface area (Å²) in [6.45, 7) is 1.76. The summed E-state index contributed by atoms with van der Waals surface area (Å²) in [5, 5.41) is 11.7. The zero-order valence-corrected chi connectivity index (χ0v) is 11.6. The Bertz CT molecular complexity index is 538. The van der Waals surface area contributed by atoms with E-state index in [4.69, 9.17) is 5.26 Å². The summed E-state index contributed by atoms with van der Waals surface area (Å²) in [5.74, 6) is 0. The molecule has 20 heavy (non-hydrogen) atoms. The van der Waals surface area contributed by atoms with Gasteiger partial charge in [0.2, 0.25) is 0 Å². The number of nitriles is 1. The van der Waals surface area contributed by atoms with Gasteiger partial charge in [-0.15, -0.1) is 0 Å². The lowest BCUT2D eigenvalue weighted by atomic mass is 9.86. The lowest BCUT2D eigenvalue weighted by Gasteiger charge is -2.23. The number of likely N-dealkylation sites (tertiary alicyclic amines) is 1. The minimum atomic E-state index is -0.0153. The highest BCUT2D eigenvalue weighted by molar-refractivity contribution is 5.89. The zero-order valence-electron chi connectivity index (χ0n) is 11.6. The minimum Gasteiger partial charge on any atom is -0.324 e. The highest BCUT2D eigenvalue weighted by Gasteiger charge is 2.41. The molecule has 1 saturated carbocycles. The van der Waals surface area contributed by atoms with Gasteiger partial charge in [-0.25, -0.2) is 4.79 Å². The van der Waals surface area contributed by atoms with Crippen molar-refractivity contribution in [2.45, 2.75) is 32.1 Å². The third kappa shape index (κ3) is 2.49. The summed E-state index contributed by atoms with van der Waals surface area (Å²) < 4.78 is 0. The topological polar surface area (TPSA) is 56.1 Å². The average Bonchev–Trinajstić information content (AvgIpc) is 3.10. The van der Waals surface area contributed by atoms with Crippen LogP contribution in [0, 0.1) is 16.7 Å². The summed E-state index contributed by atoms with van der Waals surface area (Å²) in [7, 11) is 0. The molecule has 2 fully saturated rings. The lowest BCUT2D eigenvalue weighted by molar-refractivity contribution is 0.213. The van der Waals surface area contributed by atoms with E-state index in [2.05, 4.69) is 11.4 Å². The van der Waals surface area contributed by atoms with Crippen molar-refractivity contribution in [2.75, 3.05) is 18.4 Å². The van der Waals surface area contributed by atoms with E-state index < -0.39 is 0 Å². The molecule has 3 rings (SSSR count). The molecule has 0 atom stereocenters. The number of carbonyl (C=O) groups excluding carboxylic acids is 1. The highest BCUT2D eigenvalue weighted by Crippen LogP contribution is 2.45. The van der Waals surface area contributed by atoms with Gasteiger partial charge in [-0.05, 0) is 48.9 Å². The van der Waals surface area contributed by atoms with Crippen LogP contribution in [-0.4, -0.2) is 24.0 Å². The molecule has 1 N–H and O–H groups in total. The molecule has 0 radical (unpaired) electrons. The van der Waals surface area contributed by atoms with Crippen molar-refractivity contribution in [3.63, 3.8) is 0 Å². The number of benzene rings is 1. The van der Waals surface area contributed by atoms with Gasteiger partial charge in [0.15, 0.2) is 0 Å². The Morgan fingerprint density at radius 3 is 2.55 bits per heavy atom. The molecule has 4 nitrogen and oxygen atoms in total. The first-order valence-electron chi connectivity index (χ1n) is 7.27. The third-order valence-electron chi connectivity index (χ3n) is 4.66. The second-order valence-electron chi connectivity index (χ2n) is 6.00. The second kappa shape index (κ2) is 5.16. The summed E-state index contributed by atoms with van der Waals surface area (Å²) in [6.07, 6.45) is 6.31. The predicted molar refractivity (Wildman–Crippen MR) is 77.3 cm³/mol. The molecule has 1 aromatic rings. The van der Waals surface area contributed by atoms with E-state index >= 15 is 0 Å². The van der Waals surface area contributed by atoms with Crippen molar-refractivity contribution >= 4 is 11.7 Å². The first kappa shape index (κ1) is 13.0. The minimum absolute atomic E-state index is 0.0153. The van der Waals surface area contributed by atoms with Crippen LogP contribution in [0.3, 0.4) is 0 Å². The number of carbonyl (C=O) groups is 1. The van der Waals surface area contributed by atoms with Gasteiger partial charge >= 0.3 is 6.03 Å². The Morgan fingerprint density at radius 2 is 1.90 bits per heavy atom. The van der Waals surface area contributed by atoms with E-state index in [0.29, 0.717) is 11.0 Å². The number of nitrogens with one attached hydrogen (secondary N) is 1. The van der Waals surface area contributed by atoms with Crippen molar-refractivity contribution in [3.8, 4) is 6.07 Å². The van der Waals surface area contributed by atoms with Gasteiger partial charge in [-0.1, -0.05) is 12.8 Å². The quantitative estimate of drug-likeness (QED) is 0.850. The molecule has 1 spiro atoms. The number of hydrogen-bond acceptors (Lipinski definition) is 2. The van der Waals surface area contributed by atoms with Crippen molar-refractivity contribution in [1.82, 2.24) is 4.90 Å². The number of nitrogens with zero attached hydrogens (tertiary/aromatic N) is 2. The summed E-state index contributed by atoms with van der Waals surface area (Å²) in [6, 6.07) is 9.05. The molecule has 2 aliphatic rings. The van der Waals surface area contributed by atoms with E-state index in [9.17, 15) is 4.79 Å². The molecule has 104 valence electrons. The Hall–Kier alpha value is -2.02. The molecule has 1 heterocycles. The van der Waals surface area contributed by atoms with Gasteiger partial charge in [0.05, 0.1) is 11.6 Å². The second-order valence-corrected chi connectivity index (χ2v) is 6.00. The van der Waals surface area contributed by atoms with Gasteiger partial charge in [-0.2, -0.15) is 5.26 Å². The molecule has 0 aromatic heterocycles. The first-order valence-corrected chi connectivity index (χ1v) is 7.27. The van der Waals surface area contributed by atoms with E-state index in [1.54, 1.807) is 24.3 Å². The molecule has 1 aliphatic carbocycles. The molecule has 2 amide bonds. The van der Waals surface area contributed by atoms with Gasteiger partial charge < -0.3 is 10.2 Å². The van der Waals surface area contributed by atoms with Crippen LogP contribution < -0.4 is 5.32 Å². The monoisotopic (exact) mass is 269 g/mol. The SMILES string of the molecule is N#Cc1ccc(NC(=O)N2CCC3(CCCC3)C2)cc1. The van der Waals surface area contributed by atoms with Crippen molar-refractivity contribution < 1.29 is 4.79 Å². The van der Waals surface area contributed by atoms with Gasteiger partial charge in [-0.3, -0.25) is 0 Å². The zero-order chi connectivity index (χ0) is 14.0. The van der Waals surface area contributed by atoms with Crippen LogP contribution in [0.2, 0.25) is 0 Å². The molecular weight excluding hydrogens is 250 g/mol. The fourth-order valence-corrected chi connectivity index (χ4v) is 3.47. The average molecular weight is 269 g/mol. The Morgan fingerprint density at radius 1 is 1.20 bits per heavy atom. The highest BCUT2D eigenvalue weighted by atomic mass is 16.2. The Labute approximate surface area is 119 Å². The number of hydrogen-bond donors (Lipinski definition) is 1. The maximum Gasteiger partial charge on any atom is 0.321 e. The van der Waals surface area contributed by atoms with Gasteiger partial charge in [0.25, 0.3) is 0 Å². The molecule has 1 aromatic carbocycles. The fourth-order valence-electron chi connectivity index (χ4n) is 3.47. The Balaban J connectivity index is 1.61. The number of anilines is 1. The lowest BCUT2D eigenvalue weighted by Crippen LogP contribution is -2.34. The number of rotatable bonds is 1. The number of urea groups is 1. The van der Waals surface area contributed by atoms with E-state index in [-0.39, 0.29) is 6.03 Å². The first-order chi connectivity index (χ1) is 9.71. The van der Waals surface area contributed by atoms with Crippen molar-refractivity contribution in [3.05, 3.63) is 29.8 Å². The van der Waals surface area contributed by atoms with Crippen molar-refractivity contribution in [1.29, 1.82) is 5.26 Å². The van der Waals surface area contributed by atoms with E-state index in [1.165, 1.54) is 25.7 Å². The summed E-state index contributed by atoms with van der Waals surface area (Å²) in [4.78, 5) is 14.2. The standard InChI is InChI=1S/C16H19N3O/c17-11-13-3-5-14(6-4-13)18-15(20)19-10-9-16(12-19)7-1-2-8-16/h3-6H,1-2,7-10,12H2,(H,18,20). The smallest absolute Gasteiger partial charge is 0.321 e. The maximum atomic E-state index is 12.3. The predicted octanol–water partition coefficient (Wildman–Crippen LogP) is 3.36. The normalized spacial score (nSPS) is 20.1. The number of amides is 2. The maximum absolute atomic E-state index is 12.3. The molecule has 1 saturated heterocycles. The fraction of sp³-hybridized carbons (Fsp3) is 0.500. The third-order valence-corrected chi connectivity index (χ3v) is 4.66. The van der Waals surface area contributed by atoms with E-state index in [1.807, 2.05) is 4.90 Å². The Kier molecular flexibility index (Phi) is 3.35. The molecular formula is C16H19N3O. The van der Waals surface area contributed by atoms with Gasteiger partial charge in [0.1, 0.15) is 0 Å². The van der Waals surface area contributed by atoms with Crippen LogP contribution in [0.5, 0.6) is 0 Å². The molecule has 0 bridgehead atoms. The van der Waals surface area contributed by atoms with Crippen LogP contribution in [0.4, 0.5) is 10.5 Å². The van der Waals surface area contributed by atoms with E-state index in [0.717, 1.165) is 25.2 Å². The molecule has 1 aliphatic heterocycles. The van der Waals surface area contributed by atoms with Crippen LogP contribution in [0.1, 0.15) is 37.7 Å². The van der Waals surface area contributed by atoms with Gasteiger partial charge in [0, 0.05) is 18.8 Å². The van der Waals surface area contributed by atoms with Crippen LogP contribution in [-0.2, 0) is 0 Å². The molecule has 0 unspecified atom stereocenters. The van der Waals surface area contributed by atoms with Crippen LogP contribution in [0.25, 0.3) is 0 Å². The van der Waals surface area contributed by atoms with Crippen molar-refractivity contribution in [2.24, 2.45) is 5.41 Å². The summed E-state index contributed by atoms with van der Waals surface area (Å²) in [5.41, 5.74) is 1.76. The van der Waals surface area contributed by atoms with Crippen LogP contribution in [0.15, 0.2) is 24.3 Å². The van der Waals surface area contributed by atoms with Crippen LogP contribution >= 0.6 is 0 Å². The largest absolute Gasteiger partial charge is 0.324 e. The summed E-state index contributed by atoms with van der Waals surface area (Å²) >= 11 is 0.